The van der Waals surface area contributed by atoms with Crippen molar-refractivity contribution in [1.29, 1.82) is 0 Å². The van der Waals surface area contributed by atoms with Crippen molar-refractivity contribution in [3.05, 3.63) is 0 Å². The van der Waals surface area contributed by atoms with E-state index in [4.69, 9.17) is 10.5 Å². The number of rotatable bonds is 7. The van der Waals surface area contributed by atoms with Gasteiger partial charge in [-0.2, -0.15) is 0 Å². The van der Waals surface area contributed by atoms with Crippen LogP contribution in [-0.4, -0.2) is 43.8 Å². The lowest BCUT2D eigenvalue weighted by Crippen LogP contribution is -2.47. The molecule has 3 nitrogen and oxygen atoms in total. The molecule has 0 saturated carbocycles. The molecule has 0 aromatic heterocycles. The van der Waals surface area contributed by atoms with E-state index in [-0.39, 0.29) is 5.54 Å². The fourth-order valence-corrected chi connectivity index (χ4v) is 1.01. The van der Waals surface area contributed by atoms with Gasteiger partial charge in [0.05, 0.1) is 0 Å². The van der Waals surface area contributed by atoms with Crippen LogP contribution in [0.2, 0.25) is 0 Å². The van der Waals surface area contributed by atoms with E-state index in [0.717, 1.165) is 26.2 Å². The molecular formula is C10H24N2O. The Labute approximate surface area is 82.2 Å². The predicted molar refractivity (Wildman–Crippen MR) is 56.9 cm³/mol. The monoisotopic (exact) mass is 188 g/mol. The summed E-state index contributed by atoms with van der Waals surface area (Å²) in [4.78, 5) is 2.28. The van der Waals surface area contributed by atoms with E-state index in [0.29, 0.717) is 6.54 Å². The Morgan fingerprint density at radius 1 is 1.38 bits per heavy atom. The topological polar surface area (TPSA) is 38.5 Å². The van der Waals surface area contributed by atoms with Gasteiger partial charge in [-0.15, -0.1) is 0 Å². The molecule has 0 aliphatic rings. The second-order valence-corrected chi connectivity index (χ2v) is 3.99. The fourth-order valence-electron chi connectivity index (χ4n) is 1.01. The van der Waals surface area contributed by atoms with Crippen molar-refractivity contribution in [1.82, 2.24) is 4.90 Å². The quantitative estimate of drug-likeness (QED) is 0.608. The van der Waals surface area contributed by atoms with Gasteiger partial charge in [-0.1, -0.05) is 0 Å². The molecule has 0 fully saturated rings. The van der Waals surface area contributed by atoms with E-state index in [1.807, 2.05) is 6.92 Å². The highest BCUT2D eigenvalue weighted by Gasteiger charge is 2.20. The lowest BCUT2D eigenvalue weighted by molar-refractivity contribution is 0.111. The van der Waals surface area contributed by atoms with Crippen molar-refractivity contribution in [2.24, 2.45) is 5.73 Å². The third kappa shape index (κ3) is 5.24. The molecule has 0 rings (SSSR count). The largest absolute Gasteiger partial charge is 0.382 e. The van der Waals surface area contributed by atoms with E-state index in [2.05, 4.69) is 25.8 Å². The van der Waals surface area contributed by atoms with Gasteiger partial charge in [0.1, 0.15) is 0 Å². The van der Waals surface area contributed by atoms with E-state index >= 15 is 0 Å². The number of hydrogen-bond donors (Lipinski definition) is 1. The normalized spacial score (nSPS) is 12.5. The maximum absolute atomic E-state index is 5.66. The molecule has 0 radical (unpaired) electrons. The predicted octanol–water partition coefficient (Wildman–Crippen LogP) is 1.08. The number of nitrogens with zero attached hydrogens (tertiary/aromatic N) is 1. The molecule has 0 heterocycles. The molecule has 80 valence electrons. The second kappa shape index (κ2) is 6.35. The maximum atomic E-state index is 5.66. The number of hydrogen-bond acceptors (Lipinski definition) is 3. The van der Waals surface area contributed by atoms with Gasteiger partial charge < -0.3 is 10.5 Å². The van der Waals surface area contributed by atoms with Crippen molar-refractivity contribution < 1.29 is 4.74 Å². The van der Waals surface area contributed by atoms with E-state index < -0.39 is 0 Å². The van der Waals surface area contributed by atoms with Crippen LogP contribution in [-0.2, 0) is 4.74 Å². The Balaban J connectivity index is 3.55. The molecule has 13 heavy (non-hydrogen) atoms. The molecule has 0 unspecified atom stereocenters. The summed E-state index contributed by atoms with van der Waals surface area (Å²) in [5.41, 5.74) is 5.77. The van der Waals surface area contributed by atoms with Gasteiger partial charge in [-0.3, -0.25) is 4.90 Å². The third-order valence-electron chi connectivity index (χ3n) is 2.52. The van der Waals surface area contributed by atoms with Gasteiger partial charge in [0, 0.05) is 31.8 Å². The number of likely N-dealkylation sites (N-methyl/N-ethyl adjacent to an activating group) is 1. The molecule has 0 bridgehead atoms. The van der Waals surface area contributed by atoms with Crippen LogP contribution in [0.15, 0.2) is 0 Å². The Hall–Kier alpha value is -0.120. The first kappa shape index (κ1) is 12.9. The van der Waals surface area contributed by atoms with Crippen LogP contribution >= 0.6 is 0 Å². The molecule has 0 aliphatic carbocycles. The molecule has 0 amide bonds. The van der Waals surface area contributed by atoms with Gasteiger partial charge >= 0.3 is 0 Å². The lowest BCUT2D eigenvalue weighted by Gasteiger charge is -2.34. The van der Waals surface area contributed by atoms with Crippen molar-refractivity contribution in [3.63, 3.8) is 0 Å². The molecular weight excluding hydrogens is 164 g/mol. The zero-order chi connectivity index (χ0) is 10.3. The fraction of sp³-hybridized carbons (Fsp3) is 1.00. The molecule has 3 heteroatoms. The maximum Gasteiger partial charge on any atom is 0.0478 e. The standard InChI is InChI=1S/C10H24N2O/c1-5-13-8-6-7-12(4)10(2,3)9-11/h5-9,11H2,1-4H3. The highest BCUT2D eigenvalue weighted by atomic mass is 16.5. The zero-order valence-electron chi connectivity index (χ0n) is 9.47. The highest BCUT2D eigenvalue weighted by molar-refractivity contribution is 4.79. The van der Waals surface area contributed by atoms with Gasteiger partial charge in [0.2, 0.25) is 0 Å². The molecule has 0 aliphatic heterocycles. The molecule has 0 aromatic carbocycles. The third-order valence-corrected chi connectivity index (χ3v) is 2.52. The average molecular weight is 188 g/mol. The first-order valence-electron chi connectivity index (χ1n) is 5.03. The molecule has 0 aromatic rings. The van der Waals surface area contributed by atoms with E-state index in [1.165, 1.54) is 0 Å². The van der Waals surface area contributed by atoms with Gasteiger partial charge in [-0.05, 0) is 34.2 Å². The van der Waals surface area contributed by atoms with E-state index in [9.17, 15) is 0 Å². The van der Waals surface area contributed by atoms with Crippen molar-refractivity contribution >= 4 is 0 Å². The van der Waals surface area contributed by atoms with Crippen molar-refractivity contribution in [3.8, 4) is 0 Å². The van der Waals surface area contributed by atoms with Crippen LogP contribution in [0.3, 0.4) is 0 Å². The van der Waals surface area contributed by atoms with Gasteiger partial charge in [0.15, 0.2) is 0 Å². The van der Waals surface area contributed by atoms with Crippen molar-refractivity contribution in [2.75, 3.05) is 33.4 Å². The Bertz CT molecular complexity index is 126. The SMILES string of the molecule is CCOCCCN(C)C(C)(C)CN. The first-order chi connectivity index (χ1) is 6.04. The van der Waals surface area contributed by atoms with Crippen LogP contribution in [0.5, 0.6) is 0 Å². The minimum Gasteiger partial charge on any atom is -0.382 e. The summed E-state index contributed by atoms with van der Waals surface area (Å²) in [6.45, 7) is 9.74. The second-order valence-electron chi connectivity index (χ2n) is 3.99. The van der Waals surface area contributed by atoms with Gasteiger partial charge in [0.25, 0.3) is 0 Å². The molecule has 0 spiro atoms. The summed E-state index contributed by atoms with van der Waals surface area (Å²) in [7, 11) is 2.11. The molecule has 2 N–H and O–H groups in total. The average Bonchev–Trinajstić information content (AvgIpc) is 2.12. The Morgan fingerprint density at radius 2 is 2.00 bits per heavy atom. The Kier molecular flexibility index (Phi) is 6.29. The summed E-state index contributed by atoms with van der Waals surface area (Å²) in [5.74, 6) is 0. The summed E-state index contributed by atoms with van der Waals surface area (Å²) < 4.78 is 5.27. The molecule has 0 atom stereocenters. The lowest BCUT2D eigenvalue weighted by atomic mass is 10.0. The highest BCUT2D eigenvalue weighted by Crippen LogP contribution is 2.09. The van der Waals surface area contributed by atoms with Crippen LogP contribution in [0.25, 0.3) is 0 Å². The first-order valence-corrected chi connectivity index (χ1v) is 5.03. The summed E-state index contributed by atoms with van der Waals surface area (Å²) >= 11 is 0. The van der Waals surface area contributed by atoms with Crippen LogP contribution in [0, 0.1) is 0 Å². The minimum absolute atomic E-state index is 0.103. The number of nitrogens with two attached hydrogens (primary N) is 1. The van der Waals surface area contributed by atoms with Crippen molar-refractivity contribution in [2.45, 2.75) is 32.7 Å². The number of ether oxygens (including phenoxy) is 1. The van der Waals surface area contributed by atoms with Gasteiger partial charge in [-0.25, -0.2) is 0 Å². The summed E-state index contributed by atoms with van der Waals surface area (Å²) in [6, 6.07) is 0. The van der Waals surface area contributed by atoms with Crippen LogP contribution in [0.4, 0.5) is 0 Å². The Morgan fingerprint density at radius 3 is 2.46 bits per heavy atom. The van der Waals surface area contributed by atoms with Crippen LogP contribution in [0.1, 0.15) is 27.2 Å². The zero-order valence-corrected chi connectivity index (χ0v) is 9.47. The smallest absolute Gasteiger partial charge is 0.0478 e. The minimum atomic E-state index is 0.103. The van der Waals surface area contributed by atoms with E-state index in [1.54, 1.807) is 0 Å². The summed E-state index contributed by atoms with van der Waals surface area (Å²) in [6.07, 6.45) is 1.08. The van der Waals surface area contributed by atoms with Crippen LogP contribution < -0.4 is 5.73 Å². The summed E-state index contributed by atoms with van der Waals surface area (Å²) in [5, 5.41) is 0. The molecule has 0 saturated heterocycles.